The van der Waals surface area contributed by atoms with E-state index in [0.717, 1.165) is 12.1 Å². The number of hydrogen-bond acceptors (Lipinski definition) is 4. The molecule has 1 heterocycles. The van der Waals surface area contributed by atoms with Gasteiger partial charge in [0, 0.05) is 18.5 Å². The molecule has 0 aromatic carbocycles. The minimum absolute atomic E-state index is 0.396. The number of aryl methyl sites for hydroxylation is 1. The molecule has 1 aromatic rings. The summed E-state index contributed by atoms with van der Waals surface area (Å²) in [7, 11) is 0. The molecule has 0 saturated carbocycles. The summed E-state index contributed by atoms with van der Waals surface area (Å²) < 4.78 is 24.3. The number of halogens is 2. The number of aromatic nitrogens is 2. The molecule has 0 amide bonds. The van der Waals surface area contributed by atoms with Crippen LogP contribution in [0.25, 0.3) is 0 Å². The Morgan fingerprint density at radius 3 is 2.18 bits per heavy atom. The second-order valence-corrected chi connectivity index (χ2v) is 3.62. The average Bonchev–Trinajstić information content (AvgIpc) is 2.30. The monoisotopic (exact) mass is 244 g/mol. The normalized spacial score (nSPS) is 10.7. The van der Waals surface area contributed by atoms with Crippen molar-refractivity contribution in [2.45, 2.75) is 33.6 Å². The number of hydrogen-bond donors (Lipinski definition) is 2. The number of alkyl halides is 2. The second-order valence-electron chi connectivity index (χ2n) is 3.62. The fourth-order valence-electron chi connectivity index (χ4n) is 1.41. The lowest BCUT2D eigenvalue weighted by molar-refractivity contribution is 0.163. The zero-order valence-electron chi connectivity index (χ0n) is 10.3. The third-order valence-corrected chi connectivity index (χ3v) is 2.28. The summed E-state index contributed by atoms with van der Waals surface area (Å²) >= 11 is 0. The van der Waals surface area contributed by atoms with Gasteiger partial charge in [0.15, 0.2) is 0 Å². The summed E-state index contributed by atoms with van der Waals surface area (Å²) in [6.45, 7) is 6.03. The molecule has 0 aliphatic carbocycles. The van der Waals surface area contributed by atoms with Gasteiger partial charge in [-0.05, 0) is 13.8 Å². The van der Waals surface area contributed by atoms with E-state index in [0.29, 0.717) is 23.9 Å². The molecule has 0 spiro atoms. The maximum absolute atomic E-state index is 12.2. The van der Waals surface area contributed by atoms with E-state index in [4.69, 9.17) is 0 Å². The van der Waals surface area contributed by atoms with Crippen LogP contribution >= 0.6 is 0 Å². The van der Waals surface area contributed by atoms with E-state index in [-0.39, 0.29) is 0 Å². The third-order valence-electron chi connectivity index (χ3n) is 2.28. The number of nitrogens with zero attached hydrogens (tertiary/aromatic N) is 2. The van der Waals surface area contributed by atoms with E-state index in [1.165, 1.54) is 0 Å². The maximum Gasteiger partial charge on any atom is 0.255 e. The fourth-order valence-corrected chi connectivity index (χ4v) is 1.41. The molecule has 1 aromatic heterocycles. The van der Waals surface area contributed by atoms with Gasteiger partial charge in [-0.15, -0.1) is 0 Å². The lowest BCUT2D eigenvalue weighted by Gasteiger charge is -2.13. The highest BCUT2D eigenvalue weighted by molar-refractivity contribution is 5.57. The van der Waals surface area contributed by atoms with Gasteiger partial charge < -0.3 is 10.6 Å². The molecule has 96 valence electrons. The standard InChI is InChI=1S/C11H18F2N4/c1-4-9-16-10(14-5-2)7(3)11(17-9)15-6-8(12)13/h8H,4-6H2,1-3H3,(H2,14,15,16,17). The minimum Gasteiger partial charge on any atom is -0.370 e. The molecule has 0 bridgehead atoms. The van der Waals surface area contributed by atoms with E-state index >= 15 is 0 Å². The van der Waals surface area contributed by atoms with Crippen LogP contribution in [-0.4, -0.2) is 29.5 Å². The van der Waals surface area contributed by atoms with E-state index < -0.39 is 13.0 Å². The first-order valence-corrected chi connectivity index (χ1v) is 5.71. The second kappa shape index (κ2) is 6.32. The highest BCUT2D eigenvalue weighted by Gasteiger charge is 2.11. The van der Waals surface area contributed by atoms with Crippen LogP contribution in [0.4, 0.5) is 20.4 Å². The van der Waals surface area contributed by atoms with Gasteiger partial charge in [-0.1, -0.05) is 6.92 Å². The summed E-state index contributed by atoms with van der Waals surface area (Å²) in [6.07, 6.45) is -1.72. The van der Waals surface area contributed by atoms with Crippen LogP contribution in [0.15, 0.2) is 0 Å². The van der Waals surface area contributed by atoms with Gasteiger partial charge in [-0.3, -0.25) is 0 Å². The Labute approximate surface area is 99.9 Å². The molecule has 17 heavy (non-hydrogen) atoms. The van der Waals surface area contributed by atoms with Crippen molar-refractivity contribution in [1.29, 1.82) is 0 Å². The van der Waals surface area contributed by atoms with Gasteiger partial charge in [0.25, 0.3) is 6.43 Å². The van der Waals surface area contributed by atoms with Gasteiger partial charge in [-0.2, -0.15) is 0 Å². The van der Waals surface area contributed by atoms with Crippen molar-refractivity contribution < 1.29 is 8.78 Å². The first kappa shape index (κ1) is 13.6. The van der Waals surface area contributed by atoms with E-state index in [1.54, 1.807) is 0 Å². The fraction of sp³-hybridized carbons (Fsp3) is 0.636. The molecule has 0 aliphatic heterocycles. The molecule has 0 aliphatic rings. The first-order valence-electron chi connectivity index (χ1n) is 5.71. The highest BCUT2D eigenvalue weighted by Crippen LogP contribution is 2.20. The van der Waals surface area contributed by atoms with Crippen LogP contribution < -0.4 is 10.6 Å². The third kappa shape index (κ3) is 3.80. The van der Waals surface area contributed by atoms with Crippen molar-refractivity contribution in [3.8, 4) is 0 Å². The quantitative estimate of drug-likeness (QED) is 0.807. The molecular weight excluding hydrogens is 226 g/mol. The van der Waals surface area contributed by atoms with Crippen LogP contribution in [-0.2, 0) is 6.42 Å². The van der Waals surface area contributed by atoms with Gasteiger partial charge >= 0.3 is 0 Å². The van der Waals surface area contributed by atoms with E-state index in [1.807, 2.05) is 20.8 Å². The molecular formula is C11H18F2N4. The van der Waals surface area contributed by atoms with Crippen molar-refractivity contribution in [3.05, 3.63) is 11.4 Å². The molecule has 4 nitrogen and oxygen atoms in total. The molecule has 1 rings (SSSR count). The molecule has 0 atom stereocenters. The Kier molecular flexibility index (Phi) is 5.06. The predicted octanol–water partition coefficient (Wildman–Crippen LogP) is 2.46. The summed E-state index contributed by atoms with van der Waals surface area (Å²) in [5.74, 6) is 1.83. The molecule has 2 N–H and O–H groups in total. The topological polar surface area (TPSA) is 49.8 Å². The molecule has 0 radical (unpaired) electrons. The van der Waals surface area contributed by atoms with Crippen molar-refractivity contribution in [1.82, 2.24) is 9.97 Å². The summed E-state index contributed by atoms with van der Waals surface area (Å²) in [5, 5.41) is 5.74. The SMILES string of the molecule is CCNc1nc(CC)nc(NCC(F)F)c1C. The predicted molar refractivity (Wildman–Crippen MR) is 64.8 cm³/mol. The number of rotatable bonds is 6. The lowest BCUT2D eigenvalue weighted by atomic mass is 10.3. The first-order chi connectivity index (χ1) is 8.08. The minimum atomic E-state index is -2.39. The number of nitrogens with one attached hydrogen (secondary N) is 2. The van der Waals surface area contributed by atoms with Crippen molar-refractivity contribution >= 4 is 11.6 Å². The Bertz CT molecular complexity index is 369. The van der Waals surface area contributed by atoms with Gasteiger partial charge in [0.1, 0.15) is 17.5 Å². The van der Waals surface area contributed by atoms with Crippen molar-refractivity contribution in [3.63, 3.8) is 0 Å². The maximum atomic E-state index is 12.2. The van der Waals surface area contributed by atoms with Crippen LogP contribution in [0.2, 0.25) is 0 Å². The molecule has 0 unspecified atom stereocenters. The Hall–Kier alpha value is -1.46. The largest absolute Gasteiger partial charge is 0.370 e. The number of anilines is 2. The Morgan fingerprint density at radius 2 is 1.71 bits per heavy atom. The Balaban J connectivity index is 2.96. The summed E-state index contributed by atoms with van der Waals surface area (Å²) in [6, 6.07) is 0. The van der Waals surface area contributed by atoms with Gasteiger partial charge in [-0.25, -0.2) is 18.7 Å². The zero-order valence-corrected chi connectivity index (χ0v) is 10.3. The zero-order chi connectivity index (χ0) is 12.8. The van der Waals surface area contributed by atoms with E-state index in [2.05, 4.69) is 20.6 Å². The highest BCUT2D eigenvalue weighted by atomic mass is 19.3. The van der Waals surface area contributed by atoms with Gasteiger partial charge in [0.05, 0.1) is 6.54 Å². The lowest BCUT2D eigenvalue weighted by Crippen LogP contribution is -2.15. The molecule has 6 heteroatoms. The Morgan fingerprint density at radius 1 is 1.12 bits per heavy atom. The van der Waals surface area contributed by atoms with Crippen LogP contribution in [0.3, 0.4) is 0 Å². The van der Waals surface area contributed by atoms with Crippen molar-refractivity contribution in [2.24, 2.45) is 0 Å². The van der Waals surface area contributed by atoms with Crippen LogP contribution in [0, 0.1) is 6.92 Å². The average molecular weight is 244 g/mol. The summed E-state index contributed by atoms with van der Waals surface area (Å²) in [4.78, 5) is 8.53. The molecule has 0 fully saturated rings. The van der Waals surface area contributed by atoms with Crippen molar-refractivity contribution in [2.75, 3.05) is 23.7 Å². The smallest absolute Gasteiger partial charge is 0.255 e. The summed E-state index contributed by atoms with van der Waals surface area (Å²) in [5.41, 5.74) is 0.768. The van der Waals surface area contributed by atoms with Gasteiger partial charge in [0.2, 0.25) is 0 Å². The van der Waals surface area contributed by atoms with E-state index in [9.17, 15) is 8.78 Å². The van der Waals surface area contributed by atoms with Crippen LogP contribution in [0.5, 0.6) is 0 Å². The van der Waals surface area contributed by atoms with Crippen LogP contribution in [0.1, 0.15) is 25.2 Å². The molecule has 0 saturated heterocycles.